The number of rotatable bonds is 2. The Morgan fingerprint density at radius 1 is 0.650 bits per heavy atom. The van der Waals surface area contributed by atoms with Crippen LogP contribution in [0.1, 0.15) is 0 Å². The first-order chi connectivity index (χ1) is 9.77. The van der Waals surface area contributed by atoms with Crippen LogP contribution >= 0.6 is 12.6 Å². The molecule has 0 aliphatic carbocycles. The standard InChI is InChI=1S/C18H13FS/c19-18-16(20)12-11-15(13-7-3-1-4-8-13)17(18)14-9-5-2-6-10-14/h1-12,20H. The third-order valence-corrected chi connectivity index (χ3v) is 3.61. The fraction of sp³-hybridized carbons (Fsp3) is 0. The van der Waals surface area contributed by atoms with Crippen molar-refractivity contribution in [2.24, 2.45) is 0 Å². The van der Waals surface area contributed by atoms with Crippen molar-refractivity contribution in [1.29, 1.82) is 0 Å². The number of hydrogen-bond donors (Lipinski definition) is 1. The van der Waals surface area contributed by atoms with Gasteiger partial charge in [-0.25, -0.2) is 4.39 Å². The summed E-state index contributed by atoms with van der Waals surface area (Å²) in [5, 5.41) is 0. The molecule has 0 saturated carbocycles. The largest absolute Gasteiger partial charge is 0.205 e. The van der Waals surface area contributed by atoms with Crippen LogP contribution in [0.2, 0.25) is 0 Å². The average molecular weight is 280 g/mol. The van der Waals surface area contributed by atoms with Gasteiger partial charge in [0.2, 0.25) is 0 Å². The maximum absolute atomic E-state index is 14.6. The predicted molar refractivity (Wildman–Crippen MR) is 84.5 cm³/mol. The first-order valence-corrected chi connectivity index (χ1v) is 6.84. The molecule has 0 aromatic heterocycles. The maximum Gasteiger partial charge on any atom is 0.144 e. The Morgan fingerprint density at radius 2 is 1.20 bits per heavy atom. The zero-order valence-electron chi connectivity index (χ0n) is 10.8. The van der Waals surface area contributed by atoms with Gasteiger partial charge in [-0.15, -0.1) is 12.6 Å². The van der Waals surface area contributed by atoms with Crippen molar-refractivity contribution in [2.45, 2.75) is 4.90 Å². The Balaban J connectivity index is 2.29. The van der Waals surface area contributed by atoms with E-state index < -0.39 is 0 Å². The van der Waals surface area contributed by atoms with Crippen molar-refractivity contribution in [3.63, 3.8) is 0 Å². The molecule has 3 rings (SSSR count). The van der Waals surface area contributed by atoms with E-state index in [1.165, 1.54) is 0 Å². The zero-order chi connectivity index (χ0) is 13.9. The maximum atomic E-state index is 14.6. The second-order valence-electron chi connectivity index (χ2n) is 4.55. The highest BCUT2D eigenvalue weighted by Gasteiger charge is 2.14. The normalized spacial score (nSPS) is 10.5. The third-order valence-electron chi connectivity index (χ3n) is 3.27. The molecule has 0 atom stereocenters. The minimum atomic E-state index is -0.277. The van der Waals surface area contributed by atoms with E-state index in [2.05, 4.69) is 12.6 Å². The molecule has 0 saturated heterocycles. The van der Waals surface area contributed by atoms with Crippen LogP contribution in [0, 0.1) is 5.82 Å². The predicted octanol–water partition coefficient (Wildman–Crippen LogP) is 5.45. The van der Waals surface area contributed by atoms with Gasteiger partial charge < -0.3 is 0 Å². The van der Waals surface area contributed by atoms with Crippen molar-refractivity contribution in [3.05, 3.63) is 78.6 Å². The van der Waals surface area contributed by atoms with Crippen LogP contribution in [-0.4, -0.2) is 0 Å². The second kappa shape index (κ2) is 5.51. The zero-order valence-corrected chi connectivity index (χ0v) is 11.6. The van der Waals surface area contributed by atoms with Crippen molar-refractivity contribution >= 4 is 12.6 Å². The smallest absolute Gasteiger partial charge is 0.144 e. The SMILES string of the molecule is Fc1c(S)ccc(-c2ccccc2)c1-c1ccccc1. The van der Waals surface area contributed by atoms with E-state index in [9.17, 15) is 4.39 Å². The minimum Gasteiger partial charge on any atom is -0.205 e. The highest BCUT2D eigenvalue weighted by molar-refractivity contribution is 7.80. The lowest BCUT2D eigenvalue weighted by atomic mass is 9.94. The van der Waals surface area contributed by atoms with E-state index >= 15 is 0 Å². The molecule has 0 fully saturated rings. The summed E-state index contributed by atoms with van der Waals surface area (Å²) in [5.74, 6) is -0.277. The van der Waals surface area contributed by atoms with Crippen LogP contribution in [0.25, 0.3) is 22.3 Å². The van der Waals surface area contributed by atoms with E-state index in [0.717, 1.165) is 16.7 Å². The summed E-state index contributed by atoms with van der Waals surface area (Å²) in [6.45, 7) is 0. The molecule has 0 amide bonds. The quantitative estimate of drug-likeness (QED) is 0.593. The van der Waals surface area contributed by atoms with Gasteiger partial charge in [-0.3, -0.25) is 0 Å². The molecule has 0 spiro atoms. The molecule has 0 aliphatic heterocycles. The summed E-state index contributed by atoms with van der Waals surface area (Å²) >= 11 is 4.20. The van der Waals surface area contributed by atoms with Crippen LogP contribution in [0.5, 0.6) is 0 Å². The Labute approximate surface area is 123 Å². The number of benzene rings is 3. The van der Waals surface area contributed by atoms with Gasteiger partial charge in [-0.2, -0.15) is 0 Å². The minimum absolute atomic E-state index is 0.277. The third kappa shape index (κ3) is 2.35. The monoisotopic (exact) mass is 280 g/mol. The van der Waals surface area contributed by atoms with E-state index in [4.69, 9.17) is 0 Å². The van der Waals surface area contributed by atoms with Gasteiger partial charge in [0.15, 0.2) is 0 Å². The first-order valence-electron chi connectivity index (χ1n) is 6.39. The topological polar surface area (TPSA) is 0 Å². The molecule has 0 nitrogen and oxygen atoms in total. The van der Waals surface area contributed by atoms with Crippen molar-refractivity contribution < 1.29 is 4.39 Å². The van der Waals surface area contributed by atoms with Gasteiger partial charge in [0, 0.05) is 10.5 Å². The Bertz CT molecular complexity index is 721. The van der Waals surface area contributed by atoms with E-state index in [1.807, 2.05) is 66.7 Å². The molecular weight excluding hydrogens is 267 g/mol. The van der Waals surface area contributed by atoms with E-state index in [0.29, 0.717) is 10.5 Å². The molecule has 0 bridgehead atoms. The fourth-order valence-corrected chi connectivity index (χ4v) is 2.50. The van der Waals surface area contributed by atoms with Gasteiger partial charge >= 0.3 is 0 Å². The molecule has 0 aliphatic rings. The second-order valence-corrected chi connectivity index (χ2v) is 5.04. The molecule has 3 aromatic rings. The molecule has 0 N–H and O–H groups in total. The molecule has 0 heterocycles. The molecule has 3 aromatic carbocycles. The van der Waals surface area contributed by atoms with Crippen LogP contribution < -0.4 is 0 Å². The summed E-state index contributed by atoms with van der Waals surface area (Å²) in [5.41, 5.74) is 3.34. The average Bonchev–Trinajstić information content (AvgIpc) is 2.51. The Hall–Kier alpha value is -2.06. The summed E-state index contributed by atoms with van der Waals surface area (Å²) in [6, 6.07) is 23.0. The molecule has 0 radical (unpaired) electrons. The van der Waals surface area contributed by atoms with Crippen molar-refractivity contribution in [1.82, 2.24) is 0 Å². The van der Waals surface area contributed by atoms with Crippen LogP contribution in [0.4, 0.5) is 4.39 Å². The fourth-order valence-electron chi connectivity index (χ4n) is 2.31. The summed E-state index contributed by atoms with van der Waals surface area (Å²) in [7, 11) is 0. The lowest BCUT2D eigenvalue weighted by Gasteiger charge is -2.13. The van der Waals surface area contributed by atoms with Crippen LogP contribution in [0.15, 0.2) is 77.7 Å². The summed E-state index contributed by atoms with van der Waals surface area (Å²) in [6.07, 6.45) is 0. The highest BCUT2D eigenvalue weighted by Crippen LogP contribution is 2.36. The van der Waals surface area contributed by atoms with Crippen molar-refractivity contribution in [3.8, 4) is 22.3 Å². The van der Waals surface area contributed by atoms with Gasteiger partial charge in [0.1, 0.15) is 5.82 Å². The van der Waals surface area contributed by atoms with Crippen LogP contribution in [-0.2, 0) is 0 Å². The number of hydrogen-bond acceptors (Lipinski definition) is 1. The van der Waals surface area contributed by atoms with Crippen molar-refractivity contribution in [2.75, 3.05) is 0 Å². The highest BCUT2D eigenvalue weighted by atomic mass is 32.1. The van der Waals surface area contributed by atoms with Gasteiger partial charge in [0.05, 0.1) is 0 Å². The van der Waals surface area contributed by atoms with Gasteiger partial charge in [-0.1, -0.05) is 66.7 Å². The number of thiol groups is 1. The van der Waals surface area contributed by atoms with Crippen LogP contribution in [0.3, 0.4) is 0 Å². The Kier molecular flexibility index (Phi) is 3.57. The molecule has 20 heavy (non-hydrogen) atoms. The summed E-state index contributed by atoms with van der Waals surface area (Å²) < 4.78 is 14.6. The van der Waals surface area contributed by atoms with E-state index in [1.54, 1.807) is 6.07 Å². The Morgan fingerprint density at radius 3 is 1.80 bits per heavy atom. The first kappa shape index (κ1) is 12.9. The molecule has 0 unspecified atom stereocenters. The molecule has 98 valence electrons. The lowest BCUT2D eigenvalue weighted by Crippen LogP contribution is -1.91. The molecular formula is C18H13FS. The van der Waals surface area contributed by atoms with E-state index in [-0.39, 0.29) is 5.82 Å². The summed E-state index contributed by atoms with van der Waals surface area (Å²) in [4.78, 5) is 0.364. The van der Waals surface area contributed by atoms with Gasteiger partial charge in [-0.05, 0) is 22.8 Å². The number of halogens is 1. The lowest BCUT2D eigenvalue weighted by molar-refractivity contribution is 0.607. The molecule has 2 heteroatoms. The van der Waals surface area contributed by atoms with Gasteiger partial charge in [0.25, 0.3) is 0 Å².